The first kappa shape index (κ1) is 80.4. The predicted molar refractivity (Wildman–Crippen MR) is 212 cm³/mol. The third-order valence-corrected chi connectivity index (χ3v) is 12.2. The summed E-state index contributed by atoms with van der Waals surface area (Å²) in [5, 5.41) is 9.61. The Morgan fingerprint density at radius 3 is 0.678 bits per heavy atom. The highest BCUT2D eigenvalue weighted by Crippen LogP contribution is 2.64. The van der Waals surface area contributed by atoms with Crippen LogP contribution in [0.3, 0.4) is 0 Å². The smallest absolute Gasteiger partial charge is 0.460 e. The van der Waals surface area contributed by atoms with Gasteiger partial charge in [0.2, 0.25) is 5.75 Å². The number of ether oxygens (including phenoxy) is 3. The third kappa shape index (κ3) is 15.2. The molecule has 5 nitrogen and oxygen atoms in total. The quantitative estimate of drug-likeness (QED) is 0.0531. The molecule has 0 radical (unpaired) electrons. The van der Waals surface area contributed by atoms with Gasteiger partial charge in [0.05, 0.1) is 25.4 Å². The van der Waals surface area contributed by atoms with Crippen molar-refractivity contribution in [1.82, 2.24) is 0 Å². The largest absolute Gasteiger partial charge is 0.490 e. The molecule has 0 saturated carbocycles. The highest BCUT2D eigenvalue weighted by Gasteiger charge is 2.93. The van der Waals surface area contributed by atoms with Crippen LogP contribution in [-0.2, 0) is 0 Å². The highest BCUT2D eigenvalue weighted by molar-refractivity contribution is 5.89. The lowest BCUT2D eigenvalue weighted by molar-refractivity contribution is -0.440. The monoisotopic (exact) mass is 1380 g/mol. The maximum Gasteiger partial charge on any atom is 0.460 e. The van der Waals surface area contributed by atoms with E-state index in [1.54, 1.807) is 0 Å². The molecule has 514 valence electrons. The fraction of sp³-hybridized carbons (Fsp3) is 0.837. The molecule has 44 heteroatoms. The molecule has 0 atom stereocenters. The Balaban J connectivity index is 3.36. The number of aromatic carboxylic acids is 1. The zero-order valence-electron chi connectivity index (χ0n) is 42.2. The lowest BCUT2D eigenvalue weighted by Gasteiger charge is -2.39. The number of carboxylic acids is 1. The molecular weight excluding hydrogens is 1340 g/mol. The van der Waals surface area contributed by atoms with Gasteiger partial charge in [-0.25, -0.2) is 4.79 Å². The summed E-state index contributed by atoms with van der Waals surface area (Å²) < 4.78 is 540. The van der Waals surface area contributed by atoms with Crippen LogP contribution in [0, 0.1) is 0 Å². The normalized spacial score (nSPS) is 15.3. The molecule has 1 aromatic carbocycles. The van der Waals surface area contributed by atoms with Gasteiger partial charge in [-0.3, -0.25) is 0 Å². The number of rotatable bonds is 37. The summed E-state index contributed by atoms with van der Waals surface area (Å²) in [6.07, 6.45) is -41.7. The Labute approximate surface area is 460 Å². The summed E-state index contributed by atoms with van der Waals surface area (Å²) in [7, 11) is 0. The van der Waals surface area contributed by atoms with E-state index in [1.165, 1.54) is 0 Å². The van der Waals surface area contributed by atoms with Crippen molar-refractivity contribution in [3.8, 4) is 17.2 Å². The van der Waals surface area contributed by atoms with Crippen LogP contribution in [-0.4, -0.2) is 138 Å². The molecule has 1 N–H and O–H groups in total. The first-order chi connectivity index (χ1) is 38.3. The molecule has 0 aliphatic heterocycles. The molecule has 0 saturated heterocycles. The topological polar surface area (TPSA) is 65.0 Å². The van der Waals surface area contributed by atoms with Crippen molar-refractivity contribution < 1.29 is 195 Å². The molecule has 1 aromatic rings. The van der Waals surface area contributed by atoms with Gasteiger partial charge in [-0.15, -0.1) is 0 Å². The molecule has 0 heterocycles. The molecule has 0 aliphatic carbocycles. The number of hydrogen-bond acceptors (Lipinski definition) is 4. The number of benzene rings is 1. The summed E-state index contributed by atoms with van der Waals surface area (Å²) >= 11 is 0. The Kier molecular flexibility index (Phi) is 24.3. The van der Waals surface area contributed by atoms with Crippen LogP contribution in [0.1, 0.15) is 107 Å². The van der Waals surface area contributed by atoms with E-state index in [2.05, 4.69) is 0 Å². The van der Waals surface area contributed by atoms with E-state index in [9.17, 15) is 181 Å². The second-order valence-corrected chi connectivity index (χ2v) is 18.6. The lowest BCUT2D eigenvalue weighted by atomic mass is 9.91. The summed E-state index contributed by atoms with van der Waals surface area (Å²) in [5.74, 6) is -120. The van der Waals surface area contributed by atoms with Crippen LogP contribution in [0.2, 0.25) is 0 Å². The summed E-state index contributed by atoms with van der Waals surface area (Å²) in [6, 6.07) is 1.02. The van der Waals surface area contributed by atoms with Crippen molar-refractivity contribution in [3.63, 3.8) is 0 Å². The van der Waals surface area contributed by atoms with Gasteiger partial charge in [0, 0.05) is 19.3 Å². The molecular formula is C43H39F39O5. The van der Waals surface area contributed by atoms with Gasteiger partial charge in [0.1, 0.15) is 0 Å². The fourth-order valence-corrected chi connectivity index (χ4v) is 6.88. The van der Waals surface area contributed by atoms with E-state index in [0.717, 1.165) is 0 Å². The average molecular weight is 1380 g/mol. The van der Waals surface area contributed by atoms with Gasteiger partial charge in [0.25, 0.3) is 0 Å². The number of hydrogen-bond donors (Lipinski definition) is 1. The Morgan fingerprint density at radius 1 is 0.276 bits per heavy atom. The van der Waals surface area contributed by atoms with Crippen molar-refractivity contribution >= 4 is 5.97 Å². The fourth-order valence-electron chi connectivity index (χ4n) is 6.88. The van der Waals surface area contributed by atoms with Crippen LogP contribution in [0.4, 0.5) is 171 Å². The molecule has 1 rings (SSSR count). The van der Waals surface area contributed by atoms with E-state index in [1.807, 2.05) is 0 Å². The number of carboxylic acid groups (broad SMARTS) is 1. The van der Waals surface area contributed by atoms with Crippen LogP contribution >= 0.6 is 0 Å². The van der Waals surface area contributed by atoms with Crippen LogP contribution < -0.4 is 14.2 Å². The van der Waals surface area contributed by atoms with E-state index in [4.69, 9.17) is 14.2 Å². The number of alkyl halides is 39. The van der Waals surface area contributed by atoms with Crippen LogP contribution in [0.25, 0.3) is 0 Å². The molecule has 0 aliphatic rings. The molecule has 0 spiro atoms. The van der Waals surface area contributed by atoms with Crippen molar-refractivity contribution in [2.45, 2.75) is 204 Å². The van der Waals surface area contributed by atoms with E-state index >= 15 is 0 Å². The van der Waals surface area contributed by atoms with Crippen molar-refractivity contribution in [2.24, 2.45) is 0 Å². The highest BCUT2D eigenvalue weighted by atomic mass is 19.5. The minimum absolute atomic E-state index is 0.511. The maximum absolute atomic E-state index is 14.2. The van der Waals surface area contributed by atoms with E-state index in [-0.39, 0.29) is 0 Å². The van der Waals surface area contributed by atoms with Gasteiger partial charge in [-0.2, -0.15) is 171 Å². The second-order valence-electron chi connectivity index (χ2n) is 18.6. The lowest BCUT2D eigenvalue weighted by Crippen LogP contribution is -2.70. The summed E-state index contributed by atoms with van der Waals surface area (Å²) in [6.45, 7) is -2.65. The van der Waals surface area contributed by atoms with Crippen molar-refractivity contribution in [3.05, 3.63) is 17.7 Å². The van der Waals surface area contributed by atoms with E-state index in [0.29, 0.717) is 12.1 Å². The van der Waals surface area contributed by atoms with Gasteiger partial charge in [0.15, 0.2) is 11.5 Å². The average Bonchev–Trinajstić information content (AvgIpc) is 0.756. The van der Waals surface area contributed by atoms with Gasteiger partial charge in [-0.1, -0.05) is 38.5 Å². The van der Waals surface area contributed by atoms with E-state index < -0.39 is 252 Å². The molecule has 87 heavy (non-hydrogen) atoms. The zero-order chi connectivity index (χ0) is 69.2. The minimum atomic E-state index is -8.21. The standard InChI is InChI=1S/C43H39F39O5/c44-26(45,29(50,51)32(56,57)35(62,63)38(68,69)41(74,75)76)13-7-1-4-10-16-85-22-19-21(25(83)84)20-23(86-17-11-5-2-8-14-27(46,47)30(52,53)33(58,59)36(64,65)39(70,71)42(77,78)79)24(22)87-18-12-6-3-9-15-28(48,49)31(54,55)34(60,61)37(66,67)40(72,73)43(80,81)82/h19-20H,1-18H2,(H,83,84). The third-order valence-electron chi connectivity index (χ3n) is 12.2. The first-order valence-electron chi connectivity index (χ1n) is 23.5. The SMILES string of the molecule is O=C(O)c1cc(OCCCCCCC(F)(F)C(F)(F)C(F)(F)C(F)(F)C(F)(F)C(F)(F)F)c(OCCCCCCC(F)(F)C(F)(F)C(F)(F)C(F)(F)C(F)(F)C(F)(F)F)c(OCCCCCCC(F)(F)C(F)(F)C(F)(F)C(F)(F)C(F)(F)C(F)(F)F)c1. The minimum Gasteiger partial charge on any atom is -0.490 e. The Hall–Kier alpha value is -4.64. The van der Waals surface area contributed by atoms with Gasteiger partial charge >= 0.3 is 113 Å². The second kappa shape index (κ2) is 26.3. The first-order valence-corrected chi connectivity index (χ1v) is 23.5. The van der Waals surface area contributed by atoms with Crippen LogP contribution in [0.15, 0.2) is 12.1 Å². The molecule has 0 fully saturated rings. The van der Waals surface area contributed by atoms with Crippen molar-refractivity contribution in [1.29, 1.82) is 0 Å². The van der Waals surface area contributed by atoms with Gasteiger partial charge in [-0.05, 0) is 50.7 Å². The molecule has 0 aromatic heterocycles. The summed E-state index contributed by atoms with van der Waals surface area (Å²) in [5.41, 5.74) is -0.924. The Morgan fingerprint density at radius 2 is 0.471 bits per heavy atom. The number of unbranched alkanes of at least 4 members (excludes halogenated alkanes) is 9. The summed E-state index contributed by atoms with van der Waals surface area (Å²) in [4.78, 5) is 11.9. The van der Waals surface area contributed by atoms with Gasteiger partial charge < -0.3 is 19.3 Å². The van der Waals surface area contributed by atoms with Crippen LogP contribution in [0.5, 0.6) is 17.2 Å². The maximum atomic E-state index is 14.2. The number of halogens is 39. The number of carbonyl (C=O) groups is 1. The molecule has 0 unspecified atom stereocenters. The molecule has 0 amide bonds. The van der Waals surface area contributed by atoms with Crippen molar-refractivity contribution in [2.75, 3.05) is 19.8 Å². The molecule has 0 bridgehead atoms. The zero-order valence-corrected chi connectivity index (χ0v) is 42.2. The Bertz CT molecular complexity index is 2280. The predicted octanol–water partition coefficient (Wildman–Crippen LogP) is 19.6.